The summed E-state index contributed by atoms with van der Waals surface area (Å²) in [6.45, 7) is 0. The fraction of sp³-hybridized carbons (Fsp3) is 0.0400. The summed E-state index contributed by atoms with van der Waals surface area (Å²) in [6, 6.07) is 62.6. The number of nitrogens with zero attached hydrogens (tertiary/aromatic N) is 4. The molecule has 0 saturated heterocycles. The quantitative estimate of drug-likeness (QED) is 0.176. The van der Waals surface area contributed by atoms with E-state index in [1.807, 2.05) is 0 Å². The highest BCUT2D eigenvalue weighted by atomic mass is 15.0. The summed E-state index contributed by atoms with van der Waals surface area (Å²) < 4.78 is 9.87. The molecule has 12 rings (SSSR count). The maximum atomic E-state index is 2.51. The lowest BCUT2D eigenvalue weighted by molar-refractivity contribution is 1.01. The van der Waals surface area contributed by atoms with Crippen molar-refractivity contribution in [3.05, 3.63) is 170 Å². The Hall–Kier alpha value is -7.04. The average molecular weight is 691 g/mol. The van der Waals surface area contributed by atoms with Gasteiger partial charge in [0.25, 0.3) is 0 Å². The molecule has 0 amide bonds. The number of hydrogen-bond acceptors (Lipinski definition) is 0. The summed E-state index contributed by atoms with van der Waals surface area (Å²) in [5.74, 6) is 0. The lowest BCUT2D eigenvalue weighted by Gasteiger charge is -2.22. The van der Waals surface area contributed by atoms with Crippen LogP contribution in [0.5, 0.6) is 0 Å². The van der Waals surface area contributed by atoms with Crippen LogP contribution in [0, 0.1) is 0 Å². The molecule has 4 heteroatoms. The van der Waals surface area contributed by atoms with E-state index in [2.05, 4.69) is 202 Å². The van der Waals surface area contributed by atoms with Gasteiger partial charge in [-0.3, -0.25) is 0 Å². The van der Waals surface area contributed by atoms with Gasteiger partial charge in [0.05, 0.1) is 44.5 Å². The molecule has 0 bridgehead atoms. The van der Waals surface area contributed by atoms with Crippen LogP contribution in [0.2, 0.25) is 0 Å². The summed E-state index contributed by atoms with van der Waals surface area (Å²) >= 11 is 0. The van der Waals surface area contributed by atoms with Crippen molar-refractivity contribution in [1.82, 2.24) is 18.3 Å². The fourth-order valence-electron chi connectivity index (χ4n) is 9.75. The first kappa shape index (κ1) is 29.5. The standard InChI is InChI=1S/C50H34N4/c1-51-39-21-9-3-19-35(39)37-27-29-45(53-41-23-11-5-15-31(41)32-16-6-12-24-42(32)53)47(49(37)51)48-46(30-28-38-36-20-4-10-22-40(36)52(2)50(38)48)54-43-25-13-7-17-33(43)34-18-8-14-26-44(34)54/h3-30H,1-2H3. The zero-order valence-corrected chi connectivity index (χ0v) is 30.0. The van der Waals surface area contributed by atoms with Gasteiger partial charge in [0.1, 0.15) is 0 Å². The van der Waals surface area contributed by atoms with Gasteiger partial charge in [-0.1, -0.05) is 121 Å². The number of benzene rings is 8. The predicted octanol–water partition coefficient (Wildman–Crippen LogP) is 12.8. The summed E-state index contributed by atoms with van der Waals surface area (Å²) in [6.07, 6.45) is 0. The van der Waals surface area contributed by atoms with Crippen molar-refractivity contribution in [2.75, 3.05) is 0 Å². The molecule has 4 aromatic heterocycles. The molecule has 0 N–H and O–H groups in total. The van der Waals surface area contributed by atoms with Gasteiger partial charge in [-0.25, -0.2) is 0 Å². The molecule has 0 unspecified atom stereocenters. The van der Waals surface area contributed by atoms with Crippen molar-refractivity contribution in [1.29, 1.82) is 0 Å². The number of hydrogen-bond donors (Lipinski definition) is 0. The van der Waals surface area contributed by atoms with Gasteiger partial charge in [0.15, 0.2) is 0 Å². The summed E-state index contributed by atoms with van der Waals surface area (Å²) in [5.41, 5.74) is 14.4. The summed E-state index contributed by atoms with van der Waals surface area (Å²) in [5, 5.41) is 10.0. The zero-order chi connectivity index (χ0) is 35.7. The van der Waals surface area contributed by atoms with Gasteiger partial charge >= 0.3 is 0 Å². The predicted molar refractivity (Wildman–Crippen MR) is 229 cm³/mol. The normalized spacial score (nSPS) is 12.3. The lowest BCUT2D eigenvalue weighted by atomic mass is 9.94. The van der Waals surface area contributed by atoms with Crippen LogP contribution in [0.3, 0.4) is 0 Å². The lowest BCUT2D eigenvalue weighted by Crippen LogP contribution is -2.05. The Balaban J connectivity index is 1.38. The minimum atomic E-state index is 1.16. The molecule has 4 heterocycles. The summed E-state index contributed by atoms with van der Waals surface area (Å²) in [4.78, 5) is 0. The van der Waals surface area contributed by atoms with Gasteiger partial charge in [-0.05, 0) is 48.5 Å². The second kappa shape index (κ2) is 10.8. The molecule has 0 radical (unpaired) electrons. The third kappa shape index (κ3) is 3.71. The van der Waals surface area contributed by atoms with Crippen LogP contribution in [-0.4, -0.2) is 18.3 Å². The Kier molecular flexibility index (Phi) is 5.88. The number of fused-ring (bicyclic) bond motifs is 12. The molecule has 4 nitrogen and oxygen atoms in total. The molecular formula is C50H34N4. The molecule has 0 aliphatic rings. The highest BCUT2D eigenvalue weighted by Gasteiger charge is 2.28. The Morgan fingerprint density at radius 3 is 0.833 bits per heavy atom. The van der Waals surface area contributed by atoms with E-state index in [9.17, 15) is 0 Å². The van der Waals surface area contributed by atoms with Crippen molar-refractivity contribution in [2.24, 2.45) is 14.1 Å². The third-order valence-electron chi connectivity index (χ3n) is 12.0. The van der Waals surface area contributed by atoms with Crippen LogP contribution >= 0.6 is 0 Å². The smallest absolute Gasteiger partial charge is 0.0591 e. The van der Waals surface area contributed by atoms with Gasteiger partial charge < -0.3 is 18.3 Å². The van der Waals surface area contributed by atoms with E-state index in [1.54, 1.807) is 0 Å². The monoisotopic (exact) mass is 690 g/mol. The SMILES string of the molecule is Cn1c2ccccc2c2ccc(-n3c4ccccc4c4ccccc43)c(-c3c(-n4c5ccccc5c5ccccc54)ccc4c5ccccc5n(C)c34)c21. The zero-order valence-electron chi connectivity index (χ0n) is 30.0. The molecule has 0 saturated carbocycles. The summed E-state index contributed by atoms with van der Waals surface area (Å²) in [7, 11) is 4.48. The van der Waals surface area contributed by atoms with Crippen LogP contribution < -0.4 is 0 Å². The van der Waals surface area contributed by atoms with Gasteiger partial charge in [-0.15, -0.1) is 0 Å². The number of aromatic nitrogens is 4. The molecule has 54 heavy (non-hydrogen) atoms. The van der Waals surface area contributed by atoms with E-state index in [4.69, 9.17) is 0 Å². The van der Waals surface area contributed by atoms with E-state index in [1.165, 1.54) is 98.4 Å². The van der Waals surface area contributed by atoms with Gasteiger partial charge in [0, 0.05) is 79.3 Å². The molecule has 0 atom stereocenters. The number of para-hydroxylation sites is 6. The number of aryl methyl sites for hydroxylation is 2. The van der Waals surface area contributed by atoms with E-state index in [0.717, 1.165) is 11.4 Å². The Morgan fingerprint density at radius 1 is 0.259 bits per heavy atom. The van der Waals surface area contributed by atoms with E-state index in [0.29, 0.717) is 0 Å². The Bertz CT molecular complexity index is 3190. The molecule has 0 fully saturated rings. The largest absolute Gasteiger partial charge is 0.343 e. The second-order valence-corrected chi connectivity index (χ2v) is 14.6. The molecular weight excluding hydrogens is 657 g/mol. The minimum Gasteiger partial charge on any atom is -0.343 e. The first-order chi connectivity index (χ1) is 26.7. The Labute approximate surface area is 310 Å². The maximum Gasteiger partial charge on any atom is 0.0591 e. The van der Waals surface area contributed by atoms with E-state index < -0.39 is 0 Å². The maximum absolute atomic E-state index is 2.51. The van der Waals surface area contributed by atoms with E-state index >= 15 is 0 Å². The van der Waals surface area contributed by atoms with Gasteiger partial charge in [-0.2, -0.15) is 0 Å². The van der Waals surface area contributed by atoms with Crippen LogP contribution in [0.1, 0.15) is 0 Å². The highest BCUT2D eigenvalue weighted by Crippen LogP contribution is 2.49. The second-order valence-electron chi connectivity index (χ2n) is 14.6. The van der Waals surface area contributed by atoms with Crippen LogP contribution in [0.4, 0.5) is 0 Å². The molecule has 0 aliphatic carbocycles. The van der Waals surface area contributed by atoms with Crippen molar-refractivity contribution < 1.29 is 0 Å². The average Bonchev–Trinajstić information content (AvgIpc) is 3.93. The molecule has 254 valence electrons. The number of rotatable bonds is 3. The van der Waals surface area contributed by atoms with Crippen LogP contribution in [0.25, 0.3) is 110 Å². The van der Waals surface area contributed by atoms with Crippen molar-refractivity contribution >= 4 is 87.2 Å². The first-order valence-electron chi connectivity index (χ1n) is 18.7. The highest BCUT2D eigenvalue weighted by molar-refractivity contribution is 6.22. The van der Waals surface area contributed by atoms with Crippen molar-refractivity contribution in [3.63, 3.8) is 0 Å². The topological polar surface area (TPSA) is 19.7 Å². The van der Waals surface area contributed by atoms with Crippen LogP contribution in [0.15, 0.2) is 170 Å². The molecule has 0 aliphatic heterocycles. The molecule has 0 spiro atoms. The Morgan fingerprint density at radius 2 is 0.519 bits per heavy atom. The first-order valence-corrected chi connectivity index (χ1v) is 18.7. The molecule has 12 aromatic rings. The fourth-order valence-corrected chi connectivity index (χ4v) is 9.75. The van der Waals surface area contributed by atoms with Crippen LogP contribution in [-0.2, 0) is 14.1 Å². The van der Waals surface area contributed by atoms with Crippen molar-refractivity contribution in [3.8, 4) is 22.5 Å². The van der Waals surface area contributed by atoms with Crippen molar-refractivity contribution in [2.45, 2.75) is 0 Å². The minimum absolute atomic E-state index is 1.16. The van der Waals surface area contributed by atoms with Gasteiger partial charge in [0.2, 0.25) is 0 Å². The third-order valence-corrected chi connectivity index (χ3v) is 12.0. The van der Waals surface area contributed by atoms with E-state index in [-0.39, 0.29) is 0 Å². The molecule has 8 aromatic carbocycles.